The maximum atomic E-state index is 12.3. The first-order valence-corrected chi connectivity index (χ1v) is 8.48. The maximum absolute atomic E-state index is 12.3. The Labute approximate surface area is 156 Å². The van der Waals surface area contributed by atoms with E-state index in [4.69, 9.17) is 10.5 Å². The van der Waals surface area contributed by atoms with Gasteiger partial charge in [0, 0.05) is 16.7 Å². The van der Waals surface area contributed by atoms with E-state index in [9.17, 15) is 4.79 Å². The maximum Gasteiger partial charge on any atom is 0.222 e. The number of fused-ring (bicyclic) bond motifs is 1. The van der Waals surface area contributed by atoms with Gasteiger partial charge in [-0.2, -0.15) is 9.61 Å². The van der Waals surface area contributed by atoms with Gasteiger partial charge in [-0.3, -0.25) is 4.79 Å². The Kier molecular flexibility index (Phi) is 4.08. The van der Waals surface area contributed by atoms with Crippen molar-refractivity contribution in [2.75, 3.05) is 12.8 Å². The molecule has 0 atom stereocenters. The van der Waals surface area contributed by atoms with Crippen molar-refractivity contribution in [3.05, 3.63) is 66.2 Å². The van der Waals surface area contributed by atoms with E-state index >= 15 is 0 Å². The van der Waals surface area contributed by atoms with Gasteiger partial charge < -0.3 is 10.5 Å². The Morgan fingerprint density at radius 3 is 2.30 bits per heavy atom. The summed E-state index contributed by atoms with van der Waals surface area (Å²) < 4.78 is 6.78. The molecule has 27 heavy (non-hydrogen) atoms. The number of Topliss-reactive ketones (excluding diaryl/α,β-unsaturated/α-hetero) is 1. The predicted molar refractivity (Wildman–Crippen MR) is 105 cm³/mol. The van der Waals surface area contributed by atoms with Gasteiger partial charge in [0.15, 0.2) is 5.78 Å². The molecule has 2 aromatic heterocycles. The van der Waals surface area contributed by atoms with E-state index in [0.717, 1.165) is 16.9 Å². The Bertz CT molecular complexity index is 1130. The third-order valence-corrected chi connectivity index (χ3v) is 4.44. The monoisotopic (exact) mass is 358 g/mol. The van der Waals surface area contributed by atoms with Crippen molar-refractivity contribution in [2.45, 2.75) is 6.92 Å². The van der Waals surface area contributed by atoms with Crippen LogP contribution in [0.4, 0.5) is 5.95 Å². The van der Waals surface area contributed by atoms with Crippen LogP contribution in [0.2, 0.25) is 0 Å². The van der Waals surface area contributed by atoms with Crippen LogP contribution in [0.5, 0.6) is 5.75 Å². The highest BCUT2D eigenvalue weighted by Gasteiger charge is 2.19. The minimum Gasteiger partial charge on any atom is -0.497 e. The highest BCUT2D eigenvalue weighted by atomic mass is 16.5. The number of imidazole rings is 1. The summed E-state index contributed by atoms with van der Waals surface area (Å²) in [6.45, 7) is 1.53. The van der Waals surface area contributed by atoms with Crippen LogP contribution in [0.3, 0.4) is 0 Å². The first kappa shape index (κ1) is 16.8. The van der Waals surface area contributed by atoms with Crippen molar-refractivity contribution in [1.82, 2.24) is 14.6 Å². The molecule has 4 aromatic rings. The summed E-state index contributed by atoms with van der Waals surface area (Å²) in [5, 5.41) is 4.64. The van der Waals surface area contributed by atoms with E-state index in [1.54, 1.807) is 17.7 Å². The summed E-state index contributed by atoms with van der Waals surface area (Å²) in [5.41, 5.74) is 10.3. The predicted octanol–water partition coefficient (Wildman–Crippen LogP) is 3.86. The number of carbonyl (C=O) groups excluding carboxylic acids is 1. The van der Waals surface area contributed by atoms with Crippen molar-refractivity contribution in [3.8, 4) is 28.3 Å². The lowest BCUT2D eigenvalue weighted by atomic mass is 10.0. The van der Waals surface area contributed by atoms with Gasteiger partial charge in [-0.25, -0.2) is 4.98 Å². The van der Waals surface area contributed by atoms with Crippen molar-refractivity contribution in [1.29, 1.82) is 0 Å². The van der Waals surface area contributed by atoms with Crippen LogP contribution in [-0.4, -0.2) is 27.5 Å². The molecule has 0 amide bonds. The number of hydrogen-bond acceptors (Lipinski definition) is 5. The Balaban J connectivity index is 1.97. The van der Waals surface area contributed by atoms with E-state index in [0.29, 0.717) is 22.5 Å². The number of nitrogens with zero attached hydrogens (tertiary/aromatic N) is 3. The molecule has 6 nitrogen and oxygen atoms in total. The zero-order chi connectivity index (χ0) is 19.0. The number of nitrogens with two attached hydrogens (primary N) is 1. The Hall–Kier alpha value is -3.67. The summed E-state index contributed by atoms with van der Waals surface area (Å²) in [6, 6.07) is 18.9. The van der Waals surface area contributed by atoms with Gasteiger partial charge in [0.1, 0.15) is 17.1 Å². The fourth-order valence-electron chi connectivity index (χ4n) is 3.08. The number of ether oxygens (including phenoxy) is 1. The van der Waals surface area contributed by atoms with Crippen LogP contribution in [0.15, 0.2) is 60.7 Å². The number of anilines is 1. The van der Waals surface area contributed by atoms with Crippen LogP contribution in [0.25, 0.3) is 28.0 Å². The molecule has 6 heteroatoms. The molecule has 4 rings (SSSR count). The number of benzene rings is 2. The number of nitrogen functional groups attached to an aromatic ring is 1. The zero-order valence-electron chi connectivity index (χ0n) is 15.0. The highest BCUT2D eigenvalue weighted by molar-refractivity contribution is 6.01. The first-order chi connectivity index (χ1) is 13.1. The second-order valence-corrected chi connectivity index (χ2v) is 6.17. The number of carbonyl (C=O) groups is 1. The molecule has 2 N–H and O–H groups in total. The number of hydrogen-bond donors (Lipinski definition) is 1. The fourth-order valence-corrected chi connectivity index (χ4v) is 3.08. The average molecular weight is 358 g/mol. The van der Waals surface area contributed by atoms with Gasteiger partial charge in [0.05, 0.1) is 12.6 Å². The van der Waals surface area contributed by atoms with Crippen molar-refractivity contribution < 1.29 is 9.53 Å². The molecule has 0 radical (unpaired) electrons. The van der Waals surface area contributed by atoms with Gasteiger partial charge in [-0.05, 0) is 37.3 Å². The standard InChI is InChI=1S/C21H18N4O2/c1-13(26)17-12-18-20(14-6-4-3-5-7-14)23-21(22)25(18)24-19(17)15-8-10-16(27-2)11-9-15/h3-12H,1-2H3,(H2,22,23). The van der Waals surface area contributed by atoms with E-state index in [1.165, 1.54) is 6.92 Å². The minimum absolute atomic E-state index is 0.0744. The molecule has 134 valence electrons. The normalized spacial score (nSPS) is 10.9. The lowest BCUT2D eigenvalue weighted by molar-refractivity contribution is 0.101. The largest absolute Gasteiger partial charge is 0.497 e. The quantitative estimate of drug-likeness (QED) is 0.560. The van der Waals surface area contributed by atoms with E-state index < -0.39 is 0 Å². The van der Waals surface area contributed by atoms with Crippen molar-refractivity contribution in [3.63, 3.8) is 0 Å². The first-order valence-electron chi connectivity index (χ1n) is 8.48. The van der Waals surface area contributed by atoms with Gasteiger partial charge in [0.25, 0.3) is 0 Å². The van der Waals surface area contributed by atoms with Crippen LogP contribution in [-0.2, 0) is 0 Å². The summed E-state index contributed by atoms with van der Waals surface area (Å²) in [4.78, 5) is 16.8. The summed E-state index contributed by atoms with van der Waals surface area (Å²) in [6.07, 6.45) is 0. The van der Waals surface area contributed by atoms with Crippen LogP contribution >= 0.6 is 0 Å². The third kappa shape index (κ3) is 2.91. The number of ketones is 1. The van der Waals surface area contributed by atoms with E-state index in [2.05, 4.69) is 10.1 Å². The van der Waals surface area contributed by atoms with Crippen LogP contribution < -0.4 is 10.5 Å². The van der Waals surface area contributed by atoms with E-state index in [1.807, 2.05) is 54.6 Å². The third-order valence-electron chi connectivity index (χ3n) is 4.44. The molecule has 0 aliphatic heterocycles. The molecule has 0 aliphatic carbocycles. The molecule has 0 fully saturated rings. The molecule has 2 aromatic carbocycles. The minimum atomic E-state index is -0.0744. The van der Waals surface area contributed by atoms with Gasteiger partial charge in [-0.15, -0.1) is 0 Å². The average Bonchev–Trinajstić information content (AvgIpc) is 3.03. The number of aromatic nitrogens is 3. The summed E-state index contributed by atoms with van der Waals surface area (Å²) >= 11 is 0. The zero-order valence-corrected chi connectivity index (χ0v) is 15.0. The topological polar surface area (TPSA) is 82.5 Å². The molecule has 0 saturated carbocycles. The van der Waals surface area contributed by atoms with Crippen molar-refractivity contribution >= 4 is 17.2 Å². The second kappa shape index (κ2) is 6.57. The molecule has 0 bridgehead atoms. The van der Waals surface area contributed by atoms with Gasteiger partial charge in [-0.1, -0.05) is 30.3 Å². The van der Waals surface area contributed by atoms with Gasteiger partial charge >= 0.3 is 0 Å². The van der Waals surface area contributed by atoms with Crippen LogP contribution in [0, 0.1) is 0 Å². The second-order valence-electron chi connectivity index (χ2n) is 6.17. The summed E-state index contributed by atoms with van der Waals surface area (Å²) in [5.74, 6) is 0.932. The molecule has 0 spiro atoms. The molecular formula is C21H18N4O2. The highest BCUT2D eigenvalue weighted by Crippen LogP contribution is 2.30. The number of rotatable bonds is 4. The molecule has 2 heterocycles. The summed E-state index contributed by atoms with van der Waals surface area (Å²) in [7, 11) is 1.61. The molecule has 0 unspecified atom stereocenters. The van der Waals surface area contributed by atoms with E-state index in [-0.39, 0.29) is 11.7 Å². The van der Waals surface area contributed by atoms with Crippen LogP contribution in [0.1, 0.15) is 17.3 Å². The molecular weight excluding hydrogens is 340 g/mol. The Morgan fingerprint density at radius 2 is 1.67 bits per heavy atom. The Morgan fingerprint density at radius 1 is 1.00 bits per heavy atom. The molecule has 0 saturated heterocycles. The van der Waals surface area contributed by atoms with Crippen molar-refractivity contribution in [2.24, 2.45) is 0 Å². The lowest BCUT2D eigenvalue weighted by Gasteiger charge is -2.09. The lowest BCUT2D eigenvalue weighted by Crippen LogP contribution is -2.06. The fraction of sp³-hybridized carbons (Fsp3) is 0.0952. The van der Waals surface area contributed by atoms with Gasteiger partial charge in [0.2, 0.25) is 5.95 Å². The number of methoxy groups -OCH3 is 1. The smallest absolute Gasteiger partial charge is 0.222 e. The molecule has 0 aliphatic rings. The SMILES string of the molecule is COc1ccc(-c2nn3c(N)nc(-c4ccccc4)c3cc2C(C)=O)cc1.